The molecule has 0 aliphatic heterocycles. The first-order chi connectivity index (χ1) is 11.8. The van der Waals surface area contributed by atoms with E-state index >= 15 is 0 Å². The molecule has 0 aliphatic carbocycles. The molecule has 5 heteroatoms. The van der Waals surface area contributed by atoms with Crippen molar-refractivity contribution in [1.29, 1.82) is 0 Å². The second-order valence-corrected chi connectivity index (χ2v) is 5.96. The van der Waals surface area contributed by atoms with Gasteiger partial charge in [0.1, 0.15) is 6.61 Å². The van der Waals surface area contributed by atoms with Crippen molar-refractivity contribution in [1.82, 2.24) is 10.3 Å². The summed E-state index contributed by atoms with van der Waals surface area (Å²) in [5.74, 6) is 6.12. The third kappa shape index (κ3) is 4.58. The number of carbonyl (C=O) groups excluding carboxylic acids is 1. The van der Waals surface area contributed by atoms with Crippen LogP contribution in [0.25, 0.3) is 10.2 Å². The van der Waals surface area contributed by atoms with Gasteiger partial charge in [-0.2, -0.15) is 0 Å². The van der Waals surface area contributed by atoms with E-state index in [4.69, 9.17) is 4.74 Å². The van der Waals surface area contributed by atoms with E-state index in [1.54, 1.807) is 11.3 Å². The summed E-state index contributed by atoms with van der Waals surface area (Å²) in [4.78, 5) is 15.8. The van der Waals surface area contributed by atoms with E-state index in [0.717, 1.165) is 21.3 Å². The van der Waals surface area contributed by atoms with Crippen LogP contribution in [0.5, 0.6) is 0 Å². The molecular weight excluding hydrogens is 320 g/mol. The molecule has 3 aromatic rings. The lowest BCUT2D eigenvalue weighted by atomic mass is 10.2. The van der Waals surface area contributed by atoms with Gasteiger partial charge in [-0.15, -0.1) is 11.3 Å². The fourth-order valence-electron chi connectivity index (χ4n) is 2.10. The number of nitrogens with one attached hydrogen (secondary N) is 1. The Labute approximate surface area is 144 Å². The number of alkyl carbamates (subject to hydrolysis) is 1. The van der Waals surface area contributed by atoms with Gasteiger partial charge >= 0.3 is 6.09 Å². The molecule has 1 amide bonds. The number of aromatic nitrogens is 1. The maximum atomic E-state index is 11.6. The van der Waals surface area contributed by atoms with Crippen LogP contribution in [0.1, 0.15) is 17.5 Å². The molecule has 0 saturated heterocycles. The Balaban J connectivity index is 1.39. The summed E-state index contributed by atoms with van der Waals surface area (Å²) in [5, 5.41) is 2.69. The number of hydrogen-bond acceptors (Lipinski definition) is 4. The van der Waals surface area contributed by atoms with Gasteiger partial charge in [0.15, 0.2) is 0 Å². The predicted octanol–water partition coefficient (Wildman–Crippen LogP) is 3.96. The van der Waals surface area contributed by atoms with Gasteiger partial charge in [0.25, 0.3) is 0 Å². The van der Waals surface area contributed by atoms with Crippen molar-refractivity contribution >= 4 is 27.6 Å². The number of hydrogen-bond donors (Lipinski definition) is 1. The van der Waals surface area contributed by atoms with Gasteiger partial charge in [-0.1, -0.05) is 42.2 Å². The number of amides is 1. The summed E-state index contributed by atoms with van der Waals surface area (Å²) < 4.78 is 6.28. The van der Waals surface area contributed by atoms with E-state index in [0.29, 0.717) is 13.0 Å². The first-order valence-electron chi connectivity index (χ1n) is 7.58. The Morgan fingerprint density at radius 1 is 1.21 bits per heavy atom. The first-order valence-corrected chi connectivity index (χ1v) is 8.46. The monoisotopic (exact) mass is 336 g/mol. The molecule has 0 bridgehead atoms. The van der Waals surface area contributed by atoms with E-state index < -0.39 is 6.09 Å². The quantitative estimate of drug-likeness (QED) is 0.579. The second-order valence-electron chi connectivity index (χ2n) is 5.08. The molecule has 1 aromatic heterocycles. The van der Waals surface area contributed by atoms with Crippen LogP contribution in [0.2, 0.25) is 0 Å². The van der Waals surface area contributed by atoms with Crippen molar-refractivity contribution in [2.75, 3.05) is 6.54 Å². The highest BCUT2D eigenvalue weighted by atomic mass is 32.1. The van der Waals surface area contributed by atoms with Crippen LogP contribution in [0.3, 0.4) is 0 Å². The fraction of sp³-hybridized carbons (Fsp3) is 0.158. The van der Waals surface area contributed by atoms with E-state index in [1.807, 2.05) is 54.0 Å². The highest BCUT2D eigenvalue weighted by Crippen LogP contribution is 2.18. The second kappa shape index (κ2) is 8.14. The number of fused-ring (bicyclic) bond motifs is 1. The van der Waals surface area contributed by atoms with Crippen LogP contribution in [0.15, 0.2) is 54.0 Å². The predicted molar refractivity (Wildman–Crippen MR) is 95.7 cm³/mol. The average Bonchev–Trinajstić information content (AvgIpc) is 3.08. The number of rotatable bonds is 4. The average molecular weight is 336 g/mol. The Kier molecular flexibility index (Phi) is 5.44. The van der Waals surface area contributed by atoms with E-state index in [-0.39, 0.29) is 6.61 Å². The van der Waals surface area contributed by atoms with Crippen molar-refractivity contribution in [2.24, 2.45) is 0 Å². The van der Waals surface area contributed by atoms with Crippen LogP contribution < -0.4 is 5.32 Å². The number of nitrogens with zero attached hydrogens (tertiary/aromatic N) is 1. The third-order valence-corrected chi connectivity index (χ3v) is 4.11. The Bertz CT molecular complexity index is 878. The molecule has 4 nitrogen and oxygen atoms in total. The molecule has 0 spiro atoms. The van der Waals surface area contributed by atoms with Gasteiger partial charge in [0.2, 0.25) is 0 Å². The normalized spacial score (nSPS) is 10.0. The molecule has 1 N–H and O–H groups in total. The van der Waals surface area contributed by atoms with E-state index in [1.165, 1.54) is 0 Å². The highest BCUT2D eigenvalue weighted by Gasteiger charge is 2.00. The lowest BCUT2D eigenvalue weighted by molar-refractivity contribution is 0.140. The Morgan fingerprint density at radius 3 is 2.96 bits per heavy atom. The molecule has 0 aliphatic rings. The largest absolute Gasteiger partial charge is 0.445 e. The smallest absolute Gasteiger partial charge is 0.407 e. The molecule has 2 aromatic carbocycles. The summed E-state index contributed by atoms with van der Waals surface area (Å²) in [7, 11) is 0. The van der Waals surface area contributed by atoms with Gasteiger partial charge in [-0.05, 0) is 23.8 Å². The van der Waals surface area contributed by atoms with Crippen LogP contribution in [0, 0.1) is 11.8 Å². The molecule has 0 radical (unpaired) electrons. The molecule has 0 atom stereocenters. The SMILES string of the molecule is O=C(NCCC#Cc1ccc2scnc2c1)OCc1ccccc1. The van der Waals surface area contributed by atoms with Gasteiger partial charge in [-0.25, -0.2) is 9.78 Å². The van der Waals surface area contributed by atoms with Crippen molar-refractivity contribution in [3.8, 4) is 11.8 Å². The Hall–Kier alpha value is -2.84. The van der Waals surface area contributed by atoms with Crippen molar-refractivity contribution < 1.29 is 9.53 Å². The summed E-state index contributed by atoms with van der Waals surface area (Å²) in [6.07, 6.45) is 0.139. The maximum absolute atomic E-state index is 11.6. The minimum absolute atomic E-state index is 0.270. The molecule has 3 rings (SSSR count). The number of ether oxygens (including phenoxy) is 1. The summed E-state index contributed by atoms with van der Waals surface area (Å²) >= 11 is 1.61. The highest BCUT2D eigenvalue weighted by molar-refractivity contribution is 7.16. The van der Waals surface area contributed by atoms with Gasteiger partial charge in [0.05, 0.1) is 15.7 Å². The zero-order chi connectivity index (χ0) is 16.6. The molecule has 1 heterocycles. The summed E-state index contributed by atoms with van der Waals surface area (Å²) in [6, 6.07) is 15.6. The molecule has 120 valence electrons. The van der Waals surface area contributed by atoms with Gasteiger partial charge in [-0.3, -0.25) is 0 Å². The third-order valence-electron chi connectivity index (χ3n) is 3.30. The molecule has 0 fully saturated rings. The van der Waals surface area contributed by atoms with Crippen molar-refractivity contribution in [3.63, 3.8) is 0 Å². The van der Waals surface area contributed by atoms with Crippen LogP contribution in [-0.2, 0) is 11.3 Å². The van der Waals surface area contributed by atoms with Crippen LogP contribution in [0.4, 0.5) is 4.79 Å². The lowest BCUT2D eigenvalue weighted by Crippen LogP contribution is -2.24. The number of benzene rings is 2. The molecular formula is C19H16N2O2S. The topological polar surface area (TPSA) is 51.2 Å². The van der Waals surface area contributed by atoms with E-state index in [9.17, 15) is 4.79 Å². The zero-order valence-corrected chi connectivity index (χ0v) is 13.8. The zero-order valence-electron chi connectivity index (χ0n) is 13.0. The molecule has 0 unspecified atom stereocenters. The molecule has 0 saturated carbocycles. The first kappa shape index (κ1) is 16.0. The minimum atomic E-state index is -0.426. The minimum Gasteiger partial charge on any atom is -0.445 e. The lowest BCUT2D eigenvalue weighted by Gasteiger charge is -2.05. The standard InChI is InChI=1S/C19H16N2O2S/c22-19(23-13-16-7-2-1-3-8-16)20-11-5-4-6-15-9-10-18-17(12-15)21-14-24-18/h1-3,7-10,12,14H,5,11,13H2,(H,20,22). The Morgan fingerprint density at radius 2 is 2.08 bits per heavy atom. The summed E-state index contributed by atoms with van der Waals surface area (Å²) in [5.41, 5.74) is 4.69. The van der Waals surface area contributed by atoms with Crippen molar-refractivity contribution in [2.45, 2.75) is 13.0 Å². The van der Waals surface area contributed by atoms with E-state index in [2.05, 4.69) is 22.1 Å². The van der Waals surface area contributed by atoms with Gasteiger partial charge in [0, 0.05) is 18.5 Å². The number of thiazole rings is 1. The fourth-order valence-corrected chi connectivity index (χ4v) is 2.76. The van der Waals surface area contributed by atoms with Crippen LogP contribution >= 0.6 is 11.3 Å². The van der Waals surface area contributed by atoms with Crippen molar-refractivity contribution in [3.05, 3.63) is 65.2 Å². The summed E-state index contributed by atoms with van der Waals surface area (Å²) in [6.45, 7) is 0.728. The number of carbonyl (C=O) groups is 1. The maximum Gasteiger partial charge on any atom is 0.407 e. The molecule has 24 heavy (non-hydrogen) atoms. The van der Waals surface area contributed by atoms with Gasteiger partial charge < -0.3 is 10.1 Å². The van der Waals surface area contributed by atoms with Crippen LogP contribution in [-0.4, -0.2) is 17.6 Å².